The van der Waals surface area contributed by atoms with E-state index in [9.17, 15) is 9.59 Å². The quantitative estimate of drug-likeness (QED) is 0.757. The second kappa shape index (κ2) is 7.32. The van der Waals surface area contributed by atoms with Crippen LogP contribution in [0.4, 0.5) is 0 Å². The summed E-state index contributed by atoms with van der Waals surface area (Å²) in [6.45, 7) is 7.41. The number of nitrogens with zero attached hydrogens (tertiary/aromatic N) is 2. The molecule has 0 unspecified atom stereocenters. The molecule has 122 valence electrons. The maximum absolute atomic E-state index is 11.7. The van der Waals surface area contributed by atoms with Gasteiger partial charge in [0.2, 0.25) is 11.8 Å². The normalized spacial score (nSPS) is 10.2. The molecule has 0 saturated heterocycles. The summed E-state index contributed by atoms with van der Waals surface area (Å²) in [7, 11) is 0. The molecule has 2 aromatic heterocycles. The van der Waals surface area contributed by atoms with Crippen LogP contribution in [0.3, 0.4) is 0 Å². The molecule has 2 aromatic rings. The summed E-state index contributed by atoms with van der Waals surface area (Å²) < 4.78 is 0. The Balaban J connectivity index is 2.81. The summed E-state index contributed by atoms with van der Waals surface area (Å²) in [5, 5.41) is 0. The number of carbonyl (C=O) groups is 2. The molecule has 0 aliphatic rings. The fourth-order valence-electron chi connectivity index (χ4n) is 2.56. The molecule has 0 atom stereocenters. The maximum Gasteiger partial charge on any atom is 0.249 e. The van der Waals surface area contributed by atoms with Crippen molar-refractivity contribution in [3.8, 4) is 11.4 Å². The third-order valence-electron chi connectivity index (χ3n) is 3.56. The first-order chi connectivity index (χ1) is 11.5. The Morgan fingerprint density at radius 3 is 1.54 bits per heavy atom. The summed E-state index contributed by atoms with van der Waals surface area (Å²) in [5.41, 5.74) is 13.8. The van der Waals surface area contributed by atoms with Crippen molar-refractivity contribution >= 4 is 11.8 Å². The predicted molar refractivity (Wildman–Crippen MR) is 92.3 cm³/mol. The van der Waals surface area contributed by atoms with Gasteiger partial charge >= 0.3 is 0 Å². The van der Waals surface area contributed by atoms with Crippen LogP contribution >= 0.6 is 0 Å². The first-order valence-corrected chi connectivity index (χ1v) is 7.28. The van der Waals surface area contributed by atoms with Crippen molar-refractivity contribution in [3.63, 3.8) is 0 Å². The summed E-state index contributed by atoms with van der Waals surface area (Å²) in [5.74, 6) is -1.13. The zero-order valence-electron chi connectivity index (χ0n) is 13.2. The van der Waals surface area contributed by atoms with Gasteiger partial charge in [0.25, 0.3) is 0 Å². The molecule has 6 heteroatoms. The Labute approximate surface area is 139 Å². The van der Waals surface area contributed by atoms with Gasteiger partial charge in [-0.1, -0.05) is 12.2 Å². The van der Waals surface area contributed by atoms with Crippen LogP contribution in [0.5, 0.6) is 0 Å². The van der Waals surface area contributed by atoms with Gasteiger partial charge in [-0.15, -0.1) is 13.2 Å². The van der Waals surface area contributed by atoms with Gasteiger partial charge in [0.1, 0.15) is 0 Å². The second-order valence-corrected chi connectivity index (χ2v) is 5.09. The van der Waals surface area contributed by atoms with E-state index < -0.39 is 11.8 Å². The van der Waals surface area contributed by atoms with Gasteiger partial charge in [0, 0.05) is 23.5 Å². The highest BCUT2D eigenvalue weighted by Gasteiger charge is 2.20. The van der Waals surface area contributed by atoms with Gasteiger partial charge in [0.15, 0.2) is 0 Å². The third-order valence-corrected chi connectivity index (χ3v) is 3.56. The number of nitrogens with two attached hydrogens (primary N) is 2. The molecule has 2 amide bonds. The number of hydrogen-bond acceptors (Lipinski definition) is 4. The van der Waals surface area contributed by atoms with E-state index in [-0.39, 0.29) is 0 Å². The molecule has 0 aliphatic carbocycles. The van der Waals surface area contributed by atoms with E-state index >= 15 is 0 Å². The Bertz CT molecular complexity index is 758. The summed E-state index contributed by atoms with van der Waals surface area (Å²) in [6.07, 6.45) is 7.04. The van der Waals surface area contributed by atoms with E-state index in [2.05, 4.69) is 23.1 Å². The SMILES string of the molecule is C=CCc1c(C(N)=O)ccnc1-c1nccc(C(N)=O)c1CC=C. The highest BCUT2D eigenvalue weighted by Crippen LogP contribution is 2.28. The number of hydrogen-bond donors (Lipinski definition) is 2. The summed E-state index contributed by atoms with van der Waals surface area (Å²) in [4.78, 5) is 32.1. The molecule has 0 bridgehead atoms. The minimum absolute atomic E-state index is 0.343. The maximum atomic E-state index is 11.7. The van der Waals surface area contributed by atoms with Gasteiger partial charge in [-0.05, 0) is 36.1 Å². The van der Waals surface area contributed by atoms with Crippen molar-refractivity contribution in [2.45, 2.75) is 12.8 Å². The second-order valence-electron chi connectivity index (χ2n) is 5.09. The lowest BCUT2D eigenvalue weighted by molar-refractivity contribution is 0.0990. The molecule has 0 spiro atoms. The van der Waals surface area contributed by atoms with Gasteiger partial charge in [-0.2, -0.15) is 0 Å². The molecule has 24 heavy (non-hydrogen) atoms. The van der Waals surface area contributed by atoms with Crippen LogP contribution in [-0.2, 0) is 12.8 Å². The van der Waals surface area contributed by atoms with Crippen LogP contribution in [0.15, 0.2) is 49.8 Å². The standard InChI is InChI=1S/C18H18N4O2/c1-3-5-11-13(17(19)23)7-9-21-15(11)16-12(6-4-2)14(18(20)24)8-10-22-16/h3-4,7-10H,1-2,5-6H2,(H2,19,23)(H2,20,24). The lowest BCUT2D eigenvalue weighted by Crippen LogP contribution is -2.17. The van der Waals surface area contributed by atoms with Crippen molar-refractivity contribution in [2.24, 2.45) is 11.5 Å². The molecule has 0 radical (unpaired) electrons. The predicted octanol–water partition coefficient (Wildman–Crippen LogP) is 1.80. The Morgan fingerprint density at radius 2 is 1.25 bits per heavy atom. The van der Waals surface area contributed by atoms with Gasteiger partial charge < -0.3 is 11.5 Å². The summed E-state index contributed by atoms with van der Waals surface area (Å²) in [6, 6.07) is 3.10. The highest BCUT2D eigenvalue weighted by atomic mass is 16.1. The zero-order chi connectivity index (χ0) is 17.7. The number of rotatable bonds is 7. The monoisotopic (exact) mass is 322 g/mol. The van der Waals surface area contributed by atoms with Crippen LogP contribution in [0, 0.1) is 0 Å². The van der Waals surface area contributed by atoms with E-state index in [4.69, 9.17) is 11.5 Å². The van der Waals surface area contributed by atoms with E-state index in [0.717, 1.165) is 0 Å². The number of amides is 2. The number of primary amides is 2. The number of allylic oxidation sites excluding steroid dienone is 2. The molecule has 2 heterocycles. The van der Waals surface area contributed by atoms with E-state index in [1.54, 1.807) is 24.3 Å². The Hall–Kier alpha value is -3.28. The molecule has 0 aliphatic heterocycles. The average molecular weight is 322 g/mol. The van der Waals surface area contributed by atoms with Crippen LogP contribution < -0.4 is 11.5 Å². The number of aromatic nitrogens is 2. The van der Waals surface area contributed by atoms with Crippen molar-refractivity contribution in [3.05, 3.63) is 72.1 Å². The molecule has 0 aromatic carbocycles. The molecular weight excluding hydrogens is 304 g/mol. The van der Waals surface area contributed by atoms with Crippen molar-refractivity contribution in [2.75, 3.05) is 0 Å². The molecule has 0 saturated carbocycles. The fourth-order valence-corrected chi connectivity index (χ4v) is 2.56. The van der Waals surface area contributed by atoms with Crippen molar-refractivity contribution in [1.29, 1.82) is 0 Å². The van der Waals surface area contributed by atoms with Crippen LogP contribution in [0.25, 0.3) is 11.4 Å². The van der Waals surface area contributed by atoms with E-state index in [0.29, 0.717) is 46.5 Å². The lowest BCUT2D eigenvalue weighted by Gasteiger charge is -2.14. The van der Waals surface area contributed by atoms with Crippen molar-refractivity contribution in [1.82, 2.24) is 9.97 Å². The topological polar surface area (TPSA) is 112 Å². The molecule has 4 N–H and O–H groups in total. The highest BCUT2D eigenvalue weighted by molar-refractivity contribution is 5.98. The average Bonchev–Trinajstić information content (AvgIpc) is 2.55. The zero-order valence-corrected chi connectivity index (χ0v) is 13.2. The Kier molecular flexibility index (Phi) is 5.21. The first-order valence-electron chi connectivity index (χ1n) is 7.28. The van der Waals surface area contributed by atoms with E-state index in [1.807, 2.05) is 0 Å². The first kappa shape index (κ1) is 17.1. The molecular formula is C18H18N4O2. The number of carbonyl (C=O) groups excluding carboxylic acids is 2. The Morgan fingerprint density at radius 1 is 0.875 bits per heavy atom. The molecule has 6 nitrogen and oxygen atoms in total. The molecule has 0 fully saturated rings. The minimum Gasteiger partial charge on any atom is -0.366 e. The van der Waals surface area contributed by atoms with Crippen LogP contribution in [0.1, 0.15) is 31.8 Å². The smallest absolute Gasteiger partial charge is 0.249 e. The van der Waals surface area contributed by atoms with Gasteiger partial charge in [-0.25, -0.2) is 0 Å². The van der Waals surface area contributed by atoms with Gasteiger partial charge in [0.05, 0.1) is 11.4 Å². The third kappa shape index (κ3) is 3.22. The minimum atomic E-state index is -0.563. The summed E-state index contributed by atoms with van der Waals surface area (Å²) >= 11 is 0. The molecule has 2 rings (SSSR count). The van der Waals surface area contributed by atoms with Crippen LogP contribution in [0.2, 0.25) is 0 Å². The van der Waals surface area contributed by atoms with E-state index in [1.165, 1.54) is 12.4 Å². The lowest BCUT2D eigenvalue weighted by atomic mass is 9.95. The van der Waals surface area contributed by atoms with Crippen LogP contribution in [-0.4, -0.2) is 21.8 Å². The number of pyridine rings is 2. The largest absolute Gasteiger partial charge is 0.366 e. The van der Waals surface area contributed by atoms with Gasteiger partial charge in [-0.3, -0.25) is 19.6 Å². The fraction of sp³-hybridized carbons (Fsp3) is 0.111. The van der Waals surface area contributed by atoms with Crippen molar-refractivity contribution < 1.29 is 9.59 Å².